The maximum atomic E-state index is 11.4. The molecular formula is C24H21N3O3. The molecule has 1 aliphatic heterocycles. The van der Waals surface area contributed by atoms with Crippen LogP contribution >= 0.6 is 0 Å². The van der Waals surface area contributed by atoms with Gasteiger partial charge < -0.3 is 4.42 Å². The first-order valence-corrected chi connectivity index (χ1v) is 10.1. The van der Waals surface area contributed by atoms with Gasteiger partial charge in [0, 0.05) is 18.1 Å². The highest BCUT2D eigenvalue weighted by Crippen LogP contribution is 2.46. The van der Waals surface area contributed by atoms with Crippen LogP contribution < -0.4 is 5.01 Å². The molecule has 0 N–H and O–H groups in total. The highest BCUT2D eigenvalue weighted by atomic mass is 16.6. The van der Waals surface area contributed by atoms with Crippen molar-refractivity contribution < 1.29 is 9.34 Å². The number of nitro groups is 1. The molecule has 2 atom stereocenters. The number of anilines is 1. The van der Waals surface area contributed by atoms with E-state index in [1.165, 1.54) is 11.6 Å². The topological polar surface area (TPSA) is 71.9 Å². The first-order chi connectivity index (χ1) is 14.7. The van der Waals surface area contributed by atoms with Crippen LogP contribution in [0.25, 0.3) is 6.08 Å². The molecule has 2 unspecified atom stereocenters. The molecule has 1 saturated carbocycles. The molecular weight excluding hydrogens is 378 g/mol. The van der Waals surface area contributed by atoms with Crippen LogP contribution in [-0.4, -0.2) is 10.6 Å². The molecule has 6 heteroatoms. The fourth-order valence-corrected chi connectivity index (χ4v) is 4.50. The van der Waals surface area contributed by atoms with Crippen LogP contribution in [0.3, 0.4) is 0 Å². The average molecular weight is 399 g/mol. The van der Waals surface area contributed by atoms with Crippen molar-refractivity contribution in [1.29, 1.82) is 0 Å². The van der Waals surface area contributed by atoms with E-state index in [9.17, 15) is 10.1 Å². The molecule has 150 valence electrons. The van der Waals surface area contributed by atoms with Crippen LogP contribution in [0.4, 0.5) is 11.4 Å². The third kappa shape index (κ3) is 3.30. The summed E-state index contributed by atoms with van der Waals surface area (Å²) in [7, 11) is 0. The summed E-state index contributed by atoms with van der Waals surface area (Å²) in [4.78, 5) is 11.0. The molecule has 1 fully saturated rings. The number of nitrogens with zero attached hydrogens (tertiary/aromatic N) is 3. The molecule has 3 aromatic rings. The van der Waals surface area contributed by atoms with Crippen molar-refractivity contribution in [3.05, 3.63) is 100 Å². The van der Waals surface area contributed by atoms with E-state index < -0.39 is 0 Å². The van der Waals surface area contributed by atoms with Crippen LogP contribution in [0.5, 0.6) is 0 Å². The smallest absolute Gasteiger partial charge is 0.269 e. The van der Waals surface area contributed by atoms with Gasteiger partial charge in [0.15, 0.2) is 0 Å². The Morgan fingerprint density at radius 2 is 1.97 bits per heavy atom. The Kier molecular flexibility index (Phi) is 4.67. The van der Waals surface area contributed by atoms with Crippen LogP contribution in [-0.2, 0) is 0 Å². The lowest BCUT2D eigenvalue weighted by molar-refractivity contribution is -0.384. The summed E-state index contributed by atoms with van der Waals surface area (Å²) in [5, 5.41) is 18.4. The van der Waals surface area contributed by atoms with Crippen molar-refractivity contribution in [2.75, 3.05) is 5.01 Å². The zero-order valence-electron chi connectivity index (χ0n) is 16.3. The summed E-state index contributed by atoms with van der Waals surface area (Å²) in [5.41, 5.74) is 4.23. The van der Waals surface area contributed by atoms with Crippen LogP contribution in [0.1, 0.15) is 36.6 Å². The summed E-state index contributed by atoms with van der Waals surface area (Å²) >= 11 is 0. The molecule has 1 aliphatic carbocycles. The Hall–Kier alpha value is -3.67. The molecule has 6 nitrogen and oxygen atoms in total. The van der Waals surface area contributed by atoms with Gasteiger partial charge in [-0.2, -0.15) is 5.10 Å². The zero-order chi connectivity index (χ0) is 20.5. The van der Waals surface area contributed by atoms with Crippen molar-refractivity contribution >= 4 is 23.2 Å². The van der Waals surface area contributed by atoms with Gasteiger partial charge in [-0.3, -0.25) is 15.1 Å². The number of furan rings is 1. The number of para-hydroxylation sites is 1. The quantitative estimate of drug-likeness (QED) is 0.399. The van der Waals surface area contributed by atoms with Gasteiger partial charge in [-0.15, -0.1) is 0 Å². The predicted molar refractivity (Wildman–Crippen MR) is 116 cm³/mol. The molecule has 0 saturated heterocycles. The second-order valence-corrected chi connectivity index (χ2v) is 7.65. The van der Waals surface area contributed by atoms with E-state index in [-0.39, 0.29) is 22.6 Å². The minimum atomic E-state index is -0.337. The van der Waals surface area contributed by atoms with E-state index in [2.05, 4.69) is 6.08 Å². The number of nitro benzene ring substituents is 1. The Balaban J connectivity index is 1.61. The zero-order valence-corrected chi connectivity index (χ0v) is 16.3. The van der Waals surface area contributed by atoms with E-state index in [1.807, 2.05) is 53.5 Å². The Bertz CT molecular complexity index is 1120. The standard InChI is InChI=1S/C24H21N3O3/c28-27(29)20-11-4-8-18(15-20)24-22-13-5-7-17(16-21-12-6-14-30-21)23(22)25-26(24)19-9-2-1-3-10-19/h1-4,6,8-12,14-16,22,24H,5,7,13H2/b17-16+. The third-order valence-electron chi connectivity index (χ3n) is 5.80. The van der Waals surface area contributed by atoms with Crippen molar-refractivity contribution in [3.8, 4) is 0 Å². The molecule has 2 aromatic carbocycles. The monoisotopic (exact) mass is 399 g/mol. The first-order valence-electron chi connectivity index (χ1n) is 10.1. The van der Waals surface area contributed by atoms with Crippen molar-refractivity contribution in [1.82, 2.24) is 0 Å². The normalized spacial score (nSPS) is 22.1. The van der Waals surface area contributed by atoms with E-state index >= 15 is 0 Å². The lowest BCUT2D eigenvalue weighted by Crippen LogP contribution is -2.28. The number of allylic oxidation sites excluding steroid dienone is 1. The number of benzene rings is 2. The molecule has 0 amide bonds. The molecule has 2 heterocycles. The minimum absolute atomic E-state index is 0.0809. The molecule has 0 spiro atoms. The number of fused-ring (bicyclic) bond motifs is 1. The summed E-state index contributed by atoms with van der Waals surface area (Å²) in [5.74, 6) is 0.987. The van der Waals surface area contributed by atoms with E-state index in [4.69, 9.17) is 9.52 Å². The van der Waals surface area contributed by atoms with Gasteiger partial charge in [-0.05, 0) is 60.7 Å². The Labute approximate surface area is 174 Å². The number of rotatable bonds is 4. The van der Waals surface area contributed by atoms with Gasteiger partial charge in [-0.25, -0.2) is 0 Å². The fourth-order valence-electron chi connectivity index (χ4n) is 4.50. The van der Waals surface area contributed by atoms with Gasteiger partial charge in [-0.1, -0.05) is 30.3 Å². The predicted octanol–water partition coefficient (Wildman–Crippen LogP) is 5.99. The molecule has 5 rings (SSSR count). The molecule has 30 heavy (non-hydrogen) atoms. The van der Waals surface area contributed by atoms with E-state index in [0.717, 1.165) is 42.0 Å². The van der Waals surface area contributed by atoms with Crippen LogP contribution in [0.2, 0.25) is 0 Å². The van der Waals surface area contributed by atoms with Crippen molar-refractivity contribution in [3.63, 3.8) is 0 Å². The summed E-state index contributed by atoms with van der Waals surface area (Å²) in [6.07, 6.45) is 6.73. The second-order valence-electron chi connectivity index (χ2n) is 7.65. The Morgan fingerprint density at radius 3 is 2.73 bits per heavy atom. The first kappa shape index (κ1) is 18.4. The number of hydrazone groups is 1. The highest BCUT2D eigenvalue weighted by Gasteiger charge is 2.42. The average Bonchev–Trinajstić information content (AvgIpc) is 3.43. The van der Waals surface area contributed by atoms with Gasteiger partial charge in [0.05, 0.1) is 28.6 Å². The highest BCUT2D eigenvalue weighted by molar-refractivity contribution is 6.08. The van der Waals surface area contributed by atoms with E-state index in [1.54, 1.807) is 18.4 Å². The lowest BCUT2D eigenvalue weighted by Gasteiger charge is -2.30. The summed E-state index contributed by atoms with van der Waals surface area (Å²) in [6.45, 7) is 0. The van der Waals surface area contributed by atoms with Crippen molar-refractivity contribution in [2.24, 2.45) is 11.0 Å². The largest absolute Gasteiger partial charge is 0.465 e. The molecule has 0 radical (unpaired) electrons. The third-order valence-corrected chi connectivity index (χ3v) is 5.80. The molecule has 1 aromatic heterocycles. The Morgan fingerprint density at radius 1 is 1.10 bits per heavy atom. The summed E-state index contributed by atoms with van der Waals surface area (Å²) < 4.78 is 5.53. The van der Waals surface area contributed by atoms with Gasteiger partial charge in [0.1, 0.15) is 5.76 Å². The maximum Gasteiger partial charge on any atom is 0.269 e. The van der Waals surface area contributed by atoms with Crippen LogP contribution in [0, 0.1) is 16.0 Å². The second kappa shape index (κ2) is 7.63. The van der Waals surface area contributed by atoms with Gasteiger partial charge in [0.25, 0.3) is 5.69 Å². The number of non-ortho nitro benzene ring substituents is 1. The van der Waals surface area contributed by atoms with Gasteiger partial charge >= 0.3 is 0 Å². The summed E-state index contributed by atoms with van der Waals surface area (Å²) in [6, 6.07) is 20.7. The molecule has 0 bridgehead atoms. The number of hydrogen-bond donors (Lipinski definition) is 0. The van der Waals surface area contributed by atoms with Crippen molar-refractivity contribution in [2.45, 2.75) is 25.3 Å². The maximum absolute atomic E-state index is 11.4. The number of hydrogen-bond acceptors (Lipinski definition) is 5. The fraction of sp³-hybridized carbons (Fsp3) is 0.208. The van der Waals surface area contributed by atoms with Gasteiger partial charge in [0.2, 0.25) is 0 Å². The SMILES string of the molecule is O=[N+]([O-])c1cccc(C2C3CCC/C(=C\c4ccco4)C3=NN2c2ccccc2)c1. The van der Waals surface area contributed by atoms with Crippen LogP contribution in [0.15, 0.2) is 88.1 Å². The molecule has 2 aliphatic rings. The van der Waals surface area contributed by atoms with E-state index in [0.29, 0.717) is 0 Å². The minimum Gasteiger partial charge on any atom is -0.465 e. The lowest BCUT2D eigenvalue weighted by atomic mass is 9.77.